The Bertz CT molecular complexity index is 528. The number of nitrogens with two attached hydrogens (primary N) is 2. The number of nitrogen functional groups attached to an aromatic ring is 2. The Labute approximate surface area is 112 Å². The van der Waals surface area contributed by atoms with Gasteiger partial charge in [0.1, 0.15) is 0 Å². The Morgan fingerprint density at radius 3 is 2.42 bits per heavy atom. The molecule has 0 spiro atoms. The summed E-state index contributed by atoms with van der Waals surface area (Å²) in [4.78, 5) is 0. The van der Waals surface area contributed by atoms with Crippen LogP contribution in [0.1, 0.15) is 39.2 Å². The van der Waals surface area contributed by atoms with Crippen molar-refractivity contribution in [2.45, 2.75) is 39.2 Å². The number of tetrazole rings is 1. The highest BCUT2D eigenvalue weighted by molar-refractivity contribution is 5.67. The zero-order valence-electron chi connectivity index (χ0n) is 11.4. The van der Waals surface area contributed by atoms with Crippen molar-refractivity contribution in [3.05, 3.63) is 18.2 Å². The molecule has 0 aliphatic heterocycles. The Kier molecular flexibility index (Phi) is 3.99. The van der Waals surface area contributed by atoms with Crippen LogP contribution in [0.25, 0.3) is 11.4 Å². The van der Waals surface area contributed by atoms with Crippen LogP contribution in [-0.2, 0) is 0 Å². The molecule has 0 amide bonds. The number of nitrogens with zero attached hydrogens (tertiary/aromatic N) is 4. The van der Waals surface area contributed by atoms with Gasteiger partial charge in [-0.2, -0.15) is 0 Å². The fourth-order valence-electron chi connectivity index (χ4n) is 2.27. The largest absolute Gasteiger partial charge is 0.399 e. The third-order valence-corrected chi connectivity index (χ3v) is 3.17. The van der Waals surface area contributed by atoms with Gasteiger partial charge in [0.05, 0.1) is 6.04 Å². The zero-order chi connectivity index (χ0) is 13.8. The molecule has 0 aliphatic rings. The molecule has 4 N–H and O–H groups in total. The number of benzene rings is 1. The predicted molar refractivity (Wildman–Crippen MR) is 76.3 cm³/mol. The van der Waals surface area contributed by atoms with Crippen molar-refractivity contribution in [3.63, 3.8) is 0 Å². The lowest BCUT2D eigenvalue weighted by atomic mass is 10.1. The van der Waals surface area contributed by atoms with Crippen LogP contribution in [0.2, 0.25) is 0 Å². The number of aromatic nitrogens is 4. The summed E-state index contributed by atoms with van der Waals surface area (Å²) in [6.07, 6.45) is 3.13. The molecule has 0 aliphatic carbocycles. The summed E-state index contributed by atoms with van der Waals surface area (Å²) in [5.74, 6) is 0.722. The molecule has 0 radical (unpaired) electrons. The molecule has 6 nitrogen and oxygen atoms in total. The molecule has 0 saturated heterocycles. The lowest BCUT2D eigenvalue weighted by Crippen LogP contribution is -2.11. The van der Waals surface area contributed by atoms with Crippen molar-refractivity contribution >= 4 is 11.4 Å². The fraction of sp³-hybridized carbons (Fsp3) is 0.462. The summed E-state index contributed by atoms with van der Waals surface area (Å²) in [6, 6.07) is 5.72. The van der Waals surface area contributed by atoms with E-state index < -0.39 is 0 Å². The van der Waals surface area contributed by atoms with Gasteiger partial charge in [0.15, 0.2) is 5.82 Å². The van der Waals surface area contributed by atoms with Crippen molar-refractivity contribution < 1.29 is 0 Å². The lowest BCUT2D eigenvalue weighted by molar-refractivity contribution is 0.404. The third-order valence-electron chi connectivity index (χ3n) is 3.17. The highest BCUT2D eigenvalue weighted by Gasteiger charge is 2.16. The molecule has 0 saturated carbocycles. The second-order valence-corrected chi connectivity index (χ2v) is 4.69. The maximum Gasteiger partial charge on any atom is 0.182 e. The monoisotopic (exact) mass is 260 g/mol. The first kappa shape index (κ1) is 13.3. The average Bonchev–Trinajstić information content (AvgIpc) is 2.83. The van der Waals surface area contributed by atoms with Crippen LogP contribution in [-0.4, -0.2) is 20.2 Å². The Hall–Kier alpha value is -2.11. The van der Waals surface area contributed by atoms with E-state index in [2.05, 4.69) is 29.4 Å². The van der Waals surface area contributed by atoms with E-state index >= 15 is 0 Å². The van der Waals surface area contributed by atoms with E-state index in [1.807, 2.05) is 16.8 Å². The van der Waals surface area contributed by atoms with Crippen molar-refractivity contribution in [1.29, 1.82) is 0 Å². The normalized spacial score (nSPS) is 12.5. The minimum Gasteiger partial charge on any atom is -0.399 e. The van der Waals surface area contributed by atoms with E-state index in [0.717, 1.165) is 30.7 Å². The number of anilines is 2. The molecule has 0 bridgehead atoms. The van der Waals surface area contributed by atoms with E-state index in [9.17, 15) is 0 Å². The van der Waals surface area contributed by atoms with Crippen LogP contribution in [0.4, 0.5) is 11.4 Å². The van der Waals surface area contributed by atoms with Crippen molar-refractivity contribution in [2.24, 2.45) is 0 Å². The number of hydrogen-bond acceptors (Lipinski definition) is 5. The van der Waals surface area contributed by atoms with Gasteiger partial charge in [-0.1, -0.05) is 20.3 Å². The average molecular weight is 260 g/mol. The second kappa shape index (κ2) is 5.69. The fourth-order valence-corrected chi connectivity index (χ4v) is 2.27. The maximum atomic E-state index is 5.83. The quantitative estimate of drug-likeness (QED) is 0.804. The first-order valence-corrected chi connectivity index (χ1v) is 6.60. The topological polar surface area (TPSA) is 95.6 Å². The molecular weight excluding hydrogens is 240 g/mol. The minimum atomic E-state index is 0.303. The molecule has 0 fully saturated rings. The predicted octanol–water partition coefficient (Wildman–Crippen LogP) is 2.26. The van der Waals surface area contributed by atoms with Gasteiger partial charge in [-0.05, 0) is 41.5 Å². The molecule has 6 heteroatoms. The van der Waals surface area contributed by atoms with Crippen LogP contribution in [0.3, 0.4) is 0 Å². The van der Waals surface area contributed by atoms with Gasteiger partial charge < -0.3 is 11.5 Å². The second-order valence-electron chi connectivity index (χ2n) is 4.69. The summed E-state index contributed by atoms with van der Waals surface area (Å²) >= 11 is 0. The summed E-state index contributed by atoms with van der Waals surface area (Å²) in [5.41, 5.74) is 13.7. The van der Waals surface area contributed by atoms with Crippen LogP contribution < -0.4 is 11.5 Å². The Morgan fingerprint density at radius 1 is 1.16 bits per heavy atom. The van der Waals surface area contributed by atoms with Gasteiger partial charge in [-0.15, -0.1) is 5.10 Å². The molecule has 1 aromatic carbocycles. The van der Waals surface area contributed by atoms with Gasteiger partial charge in [-0.3, -0.25) is 0 Å². The molecule has 1 atom stereocenters. The van der Waals surface area contributed by atoms with E-state index in [0.29, 0.717) is 17.4 Å². The van der Waals surface area contributed by atoms with E-state index in [4.69, 9.17) is 11.5 Å². The van der Waals surface area contributed by atoms with Gasteiger partial charge in [0.25, 0.3) is 0 Å². The standard InChI is InChI=1S/C13H20N6/c1-3-5-12(4-2)19-13(16-17-18-19)9-6-10(14)8-11(15)7-9/h6-8,12H,3-5,14-15H2,1-2H3. The minimum absolute atomic E-state index is 0.303. The SMILES string of the molecule is CCCC(CC)n1nnnc1-c1cc(N)cc(N)c1. The highest BCUT2D eigenvalue weighted by Crippen LogP contribution is 2.26. The lowest BCUT2D eigenvalue weighted by Gasteiger charge is -2.15. The smallest absolute Gasteiger partial charge is 0.182 e. The van der Waals surface area contributed by atoms with Gasteiger partial charge in [0, 0.05) is 16.9 Å². The van der Waals surface area contributed by atoms with Crippen LogP contribution in [0.5, 0.6) is 0 Å². The molecule has 1 aromatic heterocycles. The molecule has 19 heavy (non-hydrogen) atoms. The maximum absolute atomic E-state index is 5.83. The zero-order valence-corrected chi connectivity index (χ0v) is 11.4. The highest BCUT2D eigenvalue weighted by atomic mass is 15.5. The summed E-state index contributed by atoms with van der Waals surface area (Å²) < 4.78 is 1.87. The summed E-state index contributed by atoms with van der Waals surface area (Å²) in [5, 5.41) is 12.0. The van der Waals surface area contributed by atoms with E-state index in [1.54, 1.807) is 6.07 Å². The Balaban J connectivity index is 2.43. The third kappa shape index (κ3) is 2.83. The molecule has 1 unspecified atom stereocenters. The van der Waals surface area contributed by atoms with Gasteiger partial charge in [-0.25, -0.2) is 4.68 Å². The van der Waals surface area contributed by atoms with Crippen molar-refractivity contribution in [1.82, 2.24) is 20.2 Å². The molecule has 2 aromatic rings. The van der Waals surface area contributed by atoms with Crippen LogP contribution >= 0.6 is 0 Å². The first-order valence-electron chi connectivity index (χ1n) is 6.60. The van der Waals surface area contributed by atoms with Gasteiger partial charge >= 0.3 is 0 Å². The molecule has 1 heterocycles. The van der Waals surface area contributed by atoms with E-state index in [1.165, 1.54) is 0 Å². The van der Waals surface area contributed by atoms with Crippen molar-refractivity contribution in [2.75, 3.05) is 11.5 Å². The van der Waals surface area contributed by atoms with Crippen LogP contribution in [0, 0.1) is 0 Å². The number of hydrogen-bond donors (Lipinski definition) is 2. The molecule has 102 valence electrons. The van der Waals surface area contributed by atoms with Crippen molar-refractivity contribution in [3.8, 4) is 11.4 Å². The van der Waals surface area contributed by atoms with Crippen LogP contribution in [0.15, 0.2) is 18.2 Å². The summed E-state index contributed by atoms with van der Waals surface area (Å²) in [6.45, 7) is 4.30. The number of rotatable bonds is 5. The first-order chi connectivity index (χ1) is 9.15. The molecular formula is C13H20N6. The Morgan fingerprint density at radius 2 is 1.84 bits per heavy atom. The van der Waals surface area contributed by atoms with Gasteiger partial charge in [0.2, 0.25) is 0 Å². The summed E-state index contributed by atoms with van der Waals surface area (Å²) in [7, 11) is 0. The van der Waals surface area contributed by atoms with E-state index in [-0.39, 0.29) is 0 Å². The molecule has 2 rings (SSSR count).